The molecule has 1 radical (unpaired) electrons. The largest absolute Gasteiger partial charge is 0.450 e. The third kappa shape index (κ3) is 2.26. The molecule has 1 heterocycles. The van der Waals surface area contributed by atoms with Gasteiger partial charge in [0.25, 0.3) is 0 Å². The Morgan fingerprint density at radius 1 is 1.38 bits per heavy atom. The fourth-order valence-electron chi connectivity index (χ4n) is 1.12. The fraction of sp³-hybridized carbons (Fsp3) is 0.100. The van der Waals surface area contributed by atoms with E-state index in [9.17, 15) is 4.79 Å². The zero-order valence-electron chi connectivity index (χ0n) is 7.20. The Morgan fingerprint density at radius 2 is 2.15 bits per heavy atom. The smallest absolute Gasteiger partial charge is 0.333 e. The Balaban J connectivity index is 0.000000845. The maximum atomic E-state index is 10.8. The second-order valence-corrected chi connectivity index (χ2v) is 2.72. The van der Waals surface area contributed by atoms with E-state index >= 15 is 0 Å². The van der Waals surface area contributed by atoms with Gasteiger partial charge >= 0.3 is 5.63 Å². The summed E-state index contributed by atoms with van der Waals surface area (Å²) in [6.07, 6.45) is 0. The quantitative estimate of drug-likeness (QED) is 0.526. The third-order valence-corrected chi connectivity index (χ3v) is 1.68. The van der Waals surface area contributed by atoms with Crippen molar-refractivity contribution in [1.82, 2.24) is 0 Å². The molecule has 0 aliphatic heterocycles. The van der Waals surface area contributed by atoms with Crippen LogP contribution in [0.2, 0.25) is 0 Å². The summed E-state index contributed by atoms with van der Waals surface area (Å²) in [7, 11) is 0. The number of rotatable bonds is 0. The molecule has 13 heavy (non-hydrogen) atoms. The summed E-state index contributed by atoms with van der Waals surface area (Å²) < 4.78 is 4.91. The van der Waals surface area contributed by atoms with Crippen LogP contribution in [0.3, 0.4) is 0 Å². The van der Waals surface area contributed by atoms with Crippen molar-refractivity contribution >= 4 is 11.0 Å². The van der Waals surface area contributed by atoms with Crippen molar-refractivity contribution < 1.29 is 37.1 Å². The molecule has 0 fully saturated rings. The number of aryl methyl sites for hydroxylation is 1. The Bertz CT molecular complexity index is 474. The van der Waals surface area contributed by atoms with E-state index in [1.165, 1.54) is 6.07 Å². The maximum Gasteiger partial charge on any atom is 0.333 e. The molecule has 63 valence electrons. The van der Waals surface area contributed by atoms with E-state index in [1.807, 2.05) is 13.0 Å². The second-order valence-electron chi connectivity index (χ2n) is 2.72. The van der Waals surface area contributed by atoms with Crippen LogP contribution in [0, 0.1) is 13.0 Å². The van der Waals surface area contributed by atoms with Crippen LogP contribution in [0.25, 0.3) is 11.0 Å². The predicted octanol–water partition coefficient (Wildman–Crippen LogP) is 1.90. The molecule has 0 amide bonds. The summed E-state index contributed by atoms with van der Waals surface area (Å²) in [6.45, 7) is 1.97. The first-order chi connectivity index (χ1) is 5.75. The van der Waals surface area contributed by atoms with Gasteiger partial charge in [0, 0.05) is 44.4 Å². The van der Waals surface area contributed by atoms with Crippen LogP contribution in [0.15, 0.2) is 33.5 Å². The van der Waals surface area contributed by atoms with Crippen molar-refractivity contribution in [1.29, 1.82) is 0 Å². The molecular formula is C10H7O2Y-. The summed E-state index contributed by atoms with van der Waals surface area (Å²) in [4.78, 5) is 10.8. The van der Waals surface area contributed by atoms with Crippen LogP contribution in [-0.4, -0.2) is 0 Å². The third-order valence-electron chi connectivity index (χ3n) is 1.68. The zero-order valence-corrected chi connectivity index (χ0v) is 10.0. The summed E-state index contributed by atoms with van der Waals surface area (Å²) in [6, 6.07) is 9.80. The molecule has 3 heteroatoms. The Morgan fingerprint density at radius 3 is 2.92 bits per heavy atom. The van der Waals surface area contributed by atoms with E-state index in [1.54, 1.807) is 12.1 Å². The van der Waals surface area contributed by atoms with Gasteiger partial charge in [0.1, 0.15) is 0 Å². The van der Waals surface area contributed by atoms with Gasteiger partial charge in [-0.05, 0) is 0 Å². The maximum absolute atomic E-state index is 10.8. The second kappa shape index (κ2) is 4.16. The summed E-state index contributed by atoms with van der Waals surface area (Å²) in [5.74, 6) is 0. The van der Waals surface area contributed by atoms with Crippen molar-refractivity contribution in [3.8, 4) is 0 Å². The van der Waals surface area contributed by atoms with Gasteiger partial charge in [-0.25, -0.2) is 4.79 Å². The van der Waals surface area contributed by atoms with E-state index in [0.717, 1.165) is 10.9 Å². The molecule has 2 rings (SSSR count). The first-order valence-corrected chi connectivity index (χ1v) is 3.68. The average molecular weight is 248 g/mol. The van der Waals surface area contributed by atoms with Gasteiger partial charge in [0.15, 0.2) is 0 Å². The van der Waals surface area contributed by atoms with Gasteiger partial charge < -0.3 is 4.42 Å². The number of fused-ring (bicyclic) bond motifs is 1. The molecule has 1 aromatic heterocycles. The van der Waals surface area contributed by atoms with Gasteiger partial charge in [0.2, 0.25) is 0 Å². The normalized spacial score (nSPS) is 9.62. The molecule has 0 saturated heterocycles. The molecular weight excluding hydrogens is 241 g/mol. The van der Waals surface area contributed by atoms with Crippen molar-refractivity contribution in [3.63, 3.8) is 0 Å². The van der Waals surface area contributed by atoms with Crippen LogP contribution in [0.5, 0.6) is 0 Å². The zero-order chi connectivity index (χ0) is 8.55. The van der Waals surface area contributed by atoms with E-state index in [0.29, 0.717) is 5.58 Å². The molecule has 0 unspecified atom stereocenters. The first-order valence-electron chi connectivity index (χ1n) is 3.68. The number of benzene rings is 1. The number of hydrogen-bond donors (Lipinski definition) is 0. The van der Waals surface area contributed by atoms with Gasteiger partial charge in [-0.15, -0.1) is 12.1 Å². The first kappa shape index (κ1) is 10.6. The minimum absolute atomic E-state index is 0. The van der Waals surface area contributed by atoms with Crippen LogP contribution >= 0.6 is 0 Å². The molecule has 0 bridgehead atoms. The molecule has 0 N–H and O–H groups in total. The van der Waals surface area contributed by atoms with E-state index in [-0.39, 0.29) is 38.3 Å². The molecule has 0 aliphatic carbocycles. The van der Waals surface area contributed by atoms with Crippen molar-refractivity contribution in [3.05, 3.63) is 46.3 Å². The molecule has 1 aromatic carbocycles. The molecule has 0 aliphatic rings. The molecule has 0 atom stereocenters. The monoisotopic (exact) mass is 248 g/mol. The minimum Gasteiger partial charge on any atom is -0.450 e. The predicted molar refractivity (Wildman–Crippen MR) is 46.1 cm³/mol. The summed E-state index contributed by atoms with van der Waals surface area (Å²) in [5, 5.41) is 0.912. The topological polar surface area (TPSA) is 30.2 Å². The van der Waals surface area contributed by atoms with Crippen molar-refractivity contribution in [2.24, 2.45) is 0 Å². The fourth-order valence-corrected chi connectivity index (χ4v) is 1.12. The minimum atomic E-state index is -0.331. The van der Waals surface area contributed by atoms with Gasteiger partial charge in [-0.3, -0.25) is 0 Å². The van der Waals surface area contributed by atoms with Crippen LogP contribution in [-0.2, 0) is 32.7 Å². The van der Waals surface area contributed by atoms with Crippen molar-refractivity contribution in [2.45, 2.75) is 6.92 Å². The average Bonchev–Trinajstić information content (AvgIpc) is 2.05. The molecule has 2 aromatic rings. The summed E-state index contributed by atoms with van der Waals surface area (Å²) >= 11 is 0. The molecule has 0 saturated carbocycles. The Kier molecular flexibility index (Phi) is 3.40. The van der Waals surface area contributed by atoms with Crippen molar-refractivity contribution in [2.75, 3.05) is 0 Å². The number of hydrogen-bond acceptors (Lipinski definition) is 2. The van der Waals surface area contributed by atoms with Gasteiger partial charge in [-0.2, -0.15) is 17.7 Å². The Labute approximate surface area is 101 Å². The molecule has 2 nitrogen and oxygen atoms in total. The van der Waals surface area contributed by atoms with Crippen LogP contribution < -0.4 is 5.63 Å². The van der Waals surface area contributed by atoms with E-state index in [4.69, 9.17) is 4.42 Å². The van der Waals surface area contributed by atoms with Crippen LogP contribution in [0.1, 0.15) is 5.56 Å². The van der Waals surface area contributed by atoms with Gasteiger partial charge in [0.05, 0.1) is 0 Å². The van der Waals surface area contributed by atoms with Crippen LogP contribution in [0.4, 0.5) is 0 Å². The summed E-state index contributed by atoms with van der Waals surface area (Å²) in [5.41, 5.74) is 1.30. The molecule has 0 spiro atoms. The van der Waals surface area contributed by atoms with E-state index < -0.39 is 0 Å². The van der Waals surface area contributed by atoms with E-state index in [2.05, 4.69) is 6.07 Å². The standard InChI is InChI=1S/C10H7O2.Y/c1-7-2-4-9-8(6-7)3-5-10(11)12-9;/h2-3,5-6H,1H3;/q-1;. The SMILES string of the molecule is Cc1c[c-]c2oc(=O)ccc2c1.[Y]. The Hall–Kier alpha value is -0.466. The van der Waals surface area contributed by atoms with Gasteiger partial charge in [-0.1, -0.05) is 12.3 Å².